The Morgan fingerprint density at radius 3 is 2.66 bits per heavy atom. The van der Waals surface area contributed by atoms with Crippen LogP contribution < -0.4 is 15.5 Å². The average molecular weight is 396 g/mol. The largest absolute Gasteiger partial charge is 0.356 e. The highest BCUT2D eigenvalue weighted by atomic mass is 19.1. The van der Waals surface area contributed by atoms with Gasteiger partial charge in [-0.15, -0.1) is 0 Å². The molecule has 1 aliphatic carbocycles. The molecule has 0 bridgehead atoms. The van der Waals surface area contributed by atoms with Crippen LogP contribution in [0.25, 0.3) is 0 Å². The van der Waals surface area contributed by atoms with Crippen LogP contribution in [0.5, 0.6) is 0 Å². The first-order valence-corrected chi connectivity index (χ1v) is 10.5. The number of pyridine rings is 1. The molecule has 0 radical (unpaired) electrons. The second kappa shape index (κ2) is 8.39. The standard InChI is InChI=1S/C23H30FN5/c1-17-6-7-21(26-15-17)29-12-8-20(9-13-29)28-22(25-2)27-16-23(10-11-23)18-4-3-5-19(24)14-18/h3-7,14-15,20H,8-13,16H2,1-2H3,(H2,25,27,28). The summed E-state index contributed by atoms with van der Waals surface area (Å²) in [5.41, 5.74) is 2.31. The number of nitrogens with one attached hydrogen (secondary N) is 2. The minimum absolute atomic E-state index is 0.0419. The van der Waals surface area contributed by atoms with Crippen LogP contribution in [0.15, 0.2) is 47.6 Å². The second-order valence-electron chi connectivity index (χ2n) is 8.32. The van der Waals surface area contributed by atoms with E-state index in [4.69, 9.17) is 0 Å². The van der Waals surface area contributed by atoms with E-state index in [-0.39, 0.29) is 11.2 Å². The molecule has 0 unspecified atom stereocenters. The summed E-state index contributed by atoms with van der Waals surface area (Å²) >= 11 is 0. The zero-order valence-electron chi connectivity index (χ0n) is 17.3. The van der Waals surface area contributed by atoms with E-state index in [1.807, 2.05) is 19.3 Å². The van der Waals surface area contributed by atoms with Crippen molar-refractivity contribution in [2.75, 3.05) is 31.6 Å². The third-order valence-corrected chi connectivity index (χ3v) is 6.16. The molecule has 0 spiro atoms. The zero-order chi connectivity index (χ0) is 20.3. The maximum Gasteiger partial charge on any atom is 0.191 e. The molecular weight excluding hydrogens is 365 g/mol. The quantitative estimate of drug-likeness (QED) is 0.602. The summed E-state index contributed by atoms with van der Waals surface area (Å²) in [4.78, 5) is 11.3. The van der Waals surface area contributed by atoms with Crippen LogP contribution in [0.1, 0.15) is 36.8 Å². The molecule has 1 saturated carbocycles. The molecule has 5 nitrogen and oxygen atoms in total. The second-order valence-corrected chi connectivity index (χ2v) is 8.32. The molecular formula is C23H30FN5. The van der Waals surface area contributed by atoms with Gasteiger partial charge in [0.25, 0.3) is 0 Å². The van der Waals surface area contributed by atoms with Gasteiger partial charge in [0, 0.05) is 44.3 Å². The minimum atomic E-state index is -0.161. The highest BCUT2D eigenvalue weighted by Gasteiger charge is 2.44. The summed E-state index contributed by atoms with van der Waals surface area (Å²) in [5.74, 6) is 1.73. The first-order valence-electron chi connectivity index (χ1n) is 10.5. The summed E-state index contributed by atoms with van der Waals surface area (Å²) in [6.07, 6.45) is 6.19. The molecule has 2 aromatic rings. The van der Waals surface area contributed by atoms with Crippen molar-refractivity contribution in [2.45, 2.75) is 44.1 Å². The number of aliphatic imine (C=N–C) groups is 1. The van der Waals surface area contributed by atoms with Gasteiger partial charge in [-0.3, -0.25) is 4.99 Å². The van der Waals surface area contributed by atoms with Gasteiger partial charge in [-0.1, -0.05) is 18.2 Å². The highest BCUT2D eigenvalue weighted by Crippen LogP contribution is 2.47. The van der Waals surface area contributed by atoms with Crippen LogP contribution in [0.3, 0.4) is 0 Å². The Labute approximate surface area is 172 Å². The van der Waals surface area contributed by atoms with Crippen molar-refractivity contribution in [1.29, 1.82) is 0 Å². The van der Waals surface area contributed by atoms with Crippen LogP contribution in [0, 0.1) is 12.7 Å². The van der Waals surface area contributed by atoms with Gasteiger partial charge in [-0.25, -0.2) is 9.37 Å². The molecule has 1 aromatic carbocycles. The molecule has 2 aliphatic rings. The zero-order valence-corrected chi connectivity index (χ0v) is 17.3. The number of halogens is 1. The van der Waals surface area contributed by atoms with Crippen molar-refractivity contribution in [2.24, 2.45) is 4.99 Å². The SMILES string of the molecule is CN=C(NCC1(c2cccc(F)c2)CC1)NC1CCN(c2ccc(C)cn2)CC1. The normalized spacial score (nSPS) is 19.1. The van der Waals surface area contributed by atoms with Gasteiger partial charge in [0.05, 0.1) is 0 Å². The molecule has 2 fully saturated rings. The van der Waals surface area contributed by atoms with Crippen LogP contribution in [-0.2, 0) is 5.41 Å². The van der Waals surface area contributed by atoms with E-state index < -0.39 is 0 Å². The molecule has 1 aliphatic heterocycles. The van der Waals surface area contributed by atoms with Gasteiger partial charge in [-0.2, -0.15) is 0 Å². The molecule has 1 saturated heterocycles. The third kappa shape index (κ3) is 4.69. The predicted octanol–water partition coefficient (Wildman–Crippen LogP) is 3.39. The first kappa shape index (κ1) is 19.7. The van der Waals surface area contributed by atoms with E-state index in [2.05, 4.69) is 44.6 Å². The number of hydrogen-bond donors (Lipinski definition) is 2. The van der Waals surface area contributed by atoms with Crippen molar-refractivity contribution in [3.05, 3.63) is 59.5 Å². The summed E-state index contributed by atoms with van der Waals surface area (Å²) in [7, 11) is 1.81. The summed E-state index contributed by atoms with van der Waals surface area (Å²) in [5, 5.41) is 7.04. The molecule has 29 heavy (non-hydrogen) atoms. The number of piperidine rings is 1. The Balaban J connectivity index is 1.27. The van der Waals surface area contributed by atoms with Crippen molar-refractivity contribution >= 4 is 11.8 Å². The maximum atomic E-state index is 13.6. The topological polar surface area (TPSA) is 52.6 Å². The van der Waals surface area contributed by atoms with Crippen molar-refractivity contribution in [3.63, 3.8) is 0 Å². The fourth-order valence-electron chi connectivity index (χ4n) is 4.08. The van der Waals surface area contributed by atoms with Crippen molar-refractivity contribution < 1.29 is 4.39 Å². The summed E-state index contributed by atoms with van der Waals surface area (Å²) in [6, 6.07) is 11.6. The molecule has 154 valence electrons. The Bertz CT molecular complexity index is 852. The molecule has 1 aromatic heterocycles. The third-order valence-electron chi connectivity index (χ3n) is 6.16. The lowest BCUT2D eigenvalue weighted by atomic mass is 9.96. The predicted molar refractivity (Wildman–Crippen MR) is 116 cm³/mol. The molecule has 6 heteroatoms. The van der Waals surface area contributed by atoms with E-state index >= 15 is 0 Å². The van der Waals surface area contributed by atoms with Crippen molar-refractivity contribution in [3.8, 4) is 0 Å². The summed E-state index contributed by atoms with van der Waals surface area (Å²) in [6.45, 7) is 4.81. The molecule has 2 heterocycles. The van der Waals surface area contributed by atoms with Crippen LogP contribution in [0.4, 0.5) is 10.2 Å². The van der Waals surface area contributed by atoms with Crippen LogP contribution in [-0.4, -0.2) is 43.7 Å². The van der Waals surface area contributed by atoms with E-state index in [0.29, 0.717) is 6.04 Å². The minimum Gasteiger partial charge on any atom is -0.356 e. The highest BCUT2D eigenvalue weighted by molar-refractivity contribution is 5.80. The van der Waals surface area contributed by atoms with Gasteiger partial charge >= 0.3 is 0 Å². The first-order chi connectivity index (χ1) is 14.1. The van der Waals surface area contributed by atoms with Gasteiger partial charge < -0.3 is 15.5 Å². The van der Waals surface area contributed by atoms with E-state index in [9.17, 15) is 4.39 Å². The number of nitrogens with zero attached hydrogens (tertiary/aromatic N) is 3. The molecule has 0 atom stereocenters. The number of aromatic nitrogens is 1. The fraction of sp³-hybridized carbons (Fsp3) is 0.478. The maximum absolute atomic E-state index is 13.6. The van der Waals surface area contributed by atoms with Gasteiger partial charge in [0.15, 0.2) is 5.96 Å². The monoisotopic (exact) mass is 395 g/mol. The lowest BCUT2D eigenvalue weighted by Crippen LogP contribution is -2.50. The Kier molecular flexibility index (Phi) is 5.69. The Hall–Kier alpha value is -2.63. The fourth-order valence-corrected chi connectivity index (χ4v) is 4.08. The van der Waals surface area contributed by atoms with Crippen LogP contribution in [0.2, 0.25) is 0 Å². The number of benzene rings is 1. The number of anilines is 1. The molecule has 2 N–H and O–H groups in total. The van der Waals surface area contributed by atoms with Gasteiger partial charge in [-0.05, 0) is 61.9 Å². The van der Waals surface area contributed by atoms with E-state index in [1.54, 1.807) is 12.1 Å². The molecule has 0 amide bonds. The average Bonchev–Trinajstić information content (AvgIpc) is 3.53. The Morgan fingerprint density at radius 2 is 2.03 bits per heavy atom. The number of hydrogen-bond acceptors (Lipinski definition) is 3. The number of rotatable bonds is 5. The summed E-state index contributed by atoms with van der Waals surface area (Å²) < 4.78 is 13.6. The lowest BCUT2D eigenvalue weighted by molar-refractivity contribution is 0.458. The van der Waals surface area contributed by atoms with E-state index in [1.165, 1.54) is 11.6 Å². The van der Waals surface area contributed by atoms with Crippen molar-refractivity contribution in [1.82, 2.24) is 15.6 Å². The smallest absolute Gasteiger partial charge is 0.191 e. The Morgan fingerprint density at radius 1 is 1.24 bits per heavy atom. The van der Waals surface area contributed by atoms with Gasteiger partial charge in [0.1, 0.15) is 11.6 Å². The number of aryl methyl sites for hydroxylation is 1. The van der Waals surface area contributed by atoms with Gasteiger partial charge in [0.2, 0.25) is 0 Å². The number of guanidine groups is 1. The molecule has 4 rings (SSSR count). The lowest BCUT2D eigenvalue weighted by Gasteiger charge is -2.34. The van der Waals surface area contributed by atoms with E-state index in [0.717, 1.165) is 62.7 Å². The van der Waals surface area contributed by atoms with Crippen LogP contribution >= 0.6 is 0 Å².